The molecule has 216 valence electrons. The second-order valence-corrected chi connectivity index (χ2v) is 10.4. The van der Waals surface area contributed by atoms with Gasteiger partial charge in [0.2, 0.25) is 5.91 Å². The first kappa shape index (κ1) is 31.1. The van der Waals surface area contributed by atoms with Crippen LogP contribution in [0.25, 0.3) is 0 Å². The van der Waals surface area contributed by atoms with Gasteiger partial charge < -0.3 is 10.6 Å². The smallest absolute Gasteiger partial charge is 0.352 e. The van der Waals surface area contributed by atoms with E-state index in [-0.39, 0.29) is 36.6 Å². The molecule has 39 heavy (non-hydrogen) atoms. The minimum absolute atomic E-state index is 0.0204. The number of benzene rings is 2. The largest absolute Gasteiger partial charge is 0.417 e. The van der Waals surface area contributed by atoms with Crippen LogP contribution in [0.15, 0.2) is 36.4 Å². The molecule has 0 spiro atoms. The van der Waals surface area contributed by atoms with Gasteiger partial charge >= 0.3 is 18.5 Å². The third-order valence-electron chi connectivity index (χ3n) is 7.14. The van der Waals surface area contributed by atoms with E-state index in [2.05, 4.69) is 10.6 Å². The van der Waals surface area contributed by atoms with Crippen LogP contribution in [0.5, 0.6) is 0 Å². The Morgan fingerprint density at radius 1 is 0.897 bits per heavy atom. The van der Waals surface area contributed by atoms with E-state index in [1.807, 2.05) is 0 Å². The lowest BCUT2D eigenvalue weighted by molar-refractivity contribution is -0.143. The van der Waals surface area contributed by atoms with Crippen molar-refractivity contribution in [1.82, 2.24) is 10.6 Å². The van der Waals surface area contributed by atoms with Crippen LogP contribution in [-0.2, 0) is 36.4 Å². The Balaban J connectivity index is 1.71. The van der Waals surface area contributed by atoms with Gasteiger partial charge in [0.1, 0.15) is 0 Å². The van der Waals surface area contributed by atoms with Gasteiger partial charge in [-0.15, -0.1) is 0 Å². The fourth-order valence-corrected chi connectivity index (χ4v) is 5.11. The van der Waals surface area contributed by atoms with Gasteiger partial charge in [0, 0.05) is 19.1 Å². The SMILES string of the molecule is CC(C)[C@]1(C(=O)NCc2cc(C(F)(F)F)cc(C(F)(F)F)c2)CC[C@@H](NCc2ccc(Cl)c(C(F)(F)F)c2)C1. The molecule has 13 heteroatoms. The molecule has 0 bridgehead atoms. The van der Waals surface area contributed by atoms with Crippen molar-refractivity contribution in [2.75, 3.05) is 0 Å². The number of hydrogen-bond donors (Lipinski definition) is 2. The van der Waals surface area contributed by atoms with Crippen LogP contribution in [-0.4, -0.2) is 11.9 Å². The van der Waals surface area contributed by atoms with E-state index in [9.17, 15) is 44.3 Å². The van der Waals surface area contributed by atoms with Crippen LogP contribution in [0.2, 0.25) is 5.02 Å². The number of halogens is 10. The van der Waals surface area contributed by atoms with E-state index in [1.54, 1.807) is 13.8 Å². The number of carbonyl (C=O) groups excluding carboxylic acids is 1. The number of alkyl halides is 9. The molecular formula is C26H26ClF9N2O. The summed E-state index contributed by atoms with van der Waals surface area (Å²) >= 11 is 5.65. The Morgan fingerprint density at radius 3 is 2.00 bits per heavy atom. The molecule has 1 saturated carbocycles. The van der Waals surface area contributed by atoms with Gasteiger partial charge in [-0.2, -0.15) is 39.5 Å². The molecule has 2 aromatic carbocycles. The molecule has 1 amide bonds. The van der Waals surface area contributed by atoms with Crippen molar-refractivity contribution in [3.05, 3.63) is 69.2 Å². The van der Waals surface area contributed by atoms with Gasteiger partial charge in [0.15, 0.2) is 0 Å². The molecule has 0 heterocycles. The van der Waals surface area contributed by atoms with Crippen LogP contribution < -0.4 is 10.6 Å². The predicted octanol–water partition coefficient (Wildman–Crippen LogP) is 8.00. The number of hydrogen-bond acceptors (Lipinski definition) is 2. The third-order valence-corrected chi connectivity index (χ3v) is 7.47. The molecule has 1 aliphatic rings. The van der Waals surface area contributed by atoms with E-state index in [1.165, 1.54) is 6.07 Å². The fourth-order valence-electron chi connectivity index (χ4n) is 4.88. The minimum Gasteiger partial charge on any atom is -0.352 e. The second-order valence-electron chi connectivity index (χ2n) is 10.0. The van der Waals surface area contributed by atoms with E-state index in [0.29, 0.717) is 30.5 Å². The van der Waals surface area contributed by atoms with Crippen molar-refractivity contribution >= 4 is 17.5 Å². The lowest BCUT2D eigenvalue weighted by atomic mass is 9.74. The molecule has 0 unspecified atom stereocenters. The van der Waals surface area contributed by atoms with E-state index in [0.717, 1.165) is 12.1 Å². The second kappa shape index (κ2) is 11.2. The molecule has 3 rings (SSSR count). The molecule has 2 atom stereocenters. The summed E-state index contributed by atoms with van der Waals surface area (Å²) in [7, 11) is 0. The van der Waals surface area contributed by atoms with Gasteiger partial charge in [-0.1, -0.05) is 31.5 Å². The molecule has 0 saturated heterocycles. The first-order valence-corrected chi connectivity index (χ1v) is 12.4. The van der Waals surface area contributed by atoms with Gasteiger partial charge in [-0.05, 0) is 66.6 Å². The van der Waals surface area contributed by atoms with Gasteiger partial charge in [-0.3, -0.25) is 4.79 Å². The summed E-state index contributed by atoms with van der Waals surface area (Å²) in [6, 6.07) is 4.44. The maximum absolute atomic E-state index is 13.2. The molecule has 2 N–H and O–H groups in total. The average molecular weight is 589 g/mol. The molecule has 0 aromatic heterocycles. The predicted molar refractivity (Wildman–Crippen MR) is 126 cm³/mol. The van der Waals surface area contributed by atoms with Crippen molar-refractivity contribution in [2.45, 2.75) is 70.8 Å². The van der Waals surface area contributed by atoms with Crippen molar-refractivity contribution in [2.24, 2.45) is 11.3 Å². The van der Waals surface area contributed by atoms with Gasteiger partial charge in [-0.25, -0.2) is 0 Å². The third kappa shape index (κ3) is 7.39. The Labute approximate surface area is 224 Å². The lowest BCUT2D eigenvalue weighted by Crippen LogP contribution is -2.43. The number of amides is 1. The summed E-state index contributed by atoms with van der Waals surface area (Å²) in [5.74, 6) is -0.748. The minimum atomic E-state index is -5.01. The van der Waals surface area contributed by atoms with Crippen LogP contribution in [0.3, 0.4) is 0 Å². The molecule has 2 aromatic rings. The zero-order chi connectivity index (χ0) is 29.4. The summed E-state index contributed by atoms with van der Waals surface area (Å²) in [6.07, 6.45) is -13.5. The first-order chi connectivity index (χ1) is 17.8. The summed E-state index contributed by atoms with van der Waals surface area (Å²) < 4.78 is 118. The van der Waals surface area contributed by atoms with Crippen molar-refractivity contribution in [3.63, 3.8) is 0 Å². The van der Waals surface area contributed by atoms with Crippen molar-refractivity contribution < 1.29 is 44.3 Å². The summed E-state index contributed by atoms with van der Waals surface area (Å²) in [4.78, 5) is 13.2. The highest BCUT2D eigenvalue weighted by Gasteiger charge is 2.47. The van der Waals surface area contributed by atoms with Crippen LogP contribution in [0, 0.1) is 11.3 Å². The molecular weight excluding hydrogens is 563 g/mol. The van der Waals surface area contributed by atoms with E-state index in [4.69, 9.17) is 11.6 Å². The van der Waals surface area contributed by atoms with Crippen LogP contribution in [0.1, 0.15) is 60.9 Å². The highest BCUT2D eigenvalue weighted by atomic mass is 35.5. The Kier molecular flexibility index (Phi) is 8.91. The molecule has 3 nitrogen and oxygen atoms in total. The number of rotatable bonds is 7. The summed E-state index contributed by atoms with van der Waals surface area (Å²) in [5.41, 5.74) is -4.89. The average Bonchev–Trinajstić information content (AvgIpc) is 3.26. The zero-order valence-electron chi connectivity index (χ0n) is 20.8. The summed E-state index contributed by atoms with van der Waals surface area (Å²) in [5, 5.41) is 5.22. The highest BCUT2D eigenvalue weighted by Crippen LogP contribution is 2.45. The van der Waals surface area contributed by atoms with Gasteiger partial charge in [0.25, 0.3) is 0 Å². The van der Waals surface area contributed by atoms with Gasteiger partial charge in [0.05, 0.1) is 27.1 Å². The van der Waals surface area contributed by atoms with E-state index >= 15 is 0 Å². The number of carbonyl (C=O) groups is 1. The molecule has 0 radical (unpaired) electrons. The van der Waals surface area contributed by atoms with Crippen LogP contribution in [0.4, 0.5) is 39.5 Å². The quantitative estimate of drug-likeness (QED) is 0.322. The first-order valence-electron chi connectivity index (χ1n) is 12.0. The Hall–Kier alpha value is -2.47. The Morgan fingerprint density at radius 2 is 1.49 bits per heavy atom. The molecule has 0 aliphatic heterocycles. The maximum Gasteiger partial charge on any atom is 0.417 e. The monoisotopic (exact) mass is 588 g/mol. The molecule has 1 aliphatic carbocycles. The normalized spacial score (nSPS) is 20.5. The fraction of sp³-hybridized carbons (Fsp3) is 0.500. The van der Waals surface area contributed by atoms with Crippen LogP contribution >= 0.6 is 11.6 Å². The standard InChI is InChI=1S/C26H26ClF9N2O/c1-14(2)23(6-5-19(11-23)37-12-15-3-4-21(27)20(9-15)26(34,35)36)22(39)38-13-16-7-17(24(28,29)30)10-18(8-16)25(31,32)33/h3-4,7-10,14,19,37H,5-6,11-13H2,1-2H3,(H,38,39)/t19-,23+/m1/s1. The van der Waals surface area contributed by atoms with E-state index < -0.39 is 58.1 Å². The lowest BCUT2D eigenvalue weighted by Gasteiger charge is -2.32. The Bertz CT molecular complexity index is 1160. The highest BCUT2D eigenvalue weighted by molar-refractivity contribution is 6.31. The van der Waals surface area contributed by atoms with Crippen molar-refractivity contribution in [3.8, 4) is 0 Å². The molecule has 1 fully saturated rings. The zero-order valence-corrected chi connectivity index (χ0v) is 21.6. The number of nitrogens with one attached hydrogen (secondary N) is 2. The van der Waals surface area contributed by atoms with Crippen molar-refractivity contribution in [1.29, 1.82) is 0 Å². The summed E-state index contributed by atoms with van der Waals surface area (Å²) in [6.45, 7) is 3.10. The topological polar surface area (TPSA) is 41.1 Å². The maximum atomic E-state index is 13.2.